The number of anilines is 1. The molecule has 0 spiro atoms. The van der Waals surface area contributed by atoms with E-state index >= 15 is 0 Å². The van der Waals surface area contributed by atoms with Gasteiger partial charge in [0, 0.05) is 26.3 Å². The van der Waals surface area contributed by atoms with Gasteiger partial charge in [0.2, 0.25) is 10.0 Å². The average Bonchev–Trinajstić information content (AvgIpc) is 2.29. The zero-order valence-electron chi connectivity index (χ0n) is 9.34. The Morgan fingerprint density at radius 2 is 1.88 bits per heavy atom. The monoisotopic (exact) mass is 244 g/mol. The maximum absolute atomic E-state index is 11.9. The number of sulfonamides is 1. The van der Waals surface area contributed by atoms with Crippen molar-refractivity contribution in [1.82, 2.24) is 4.31 Å². The molecule has 0 unspecified atom stereocenters. The van der Waals surface area contributed by atoms with Gasteiger partial charge in [0.15, 0.2) is 0 Å². The third kappa shape index (κ3) is 2.72. The van der Waals surface area contributed by atoms with Crippen LogP contribution in [0.2, 0.25) is 0 Å². The molecule has 0 saturated carbocycles. The van der Waals surface area contributed by atoms with Crippen LogP contribution in [0.25, 0.3) is 0 Å². The smallest absolute Gasteiger partial charge is 0.242 e. The van der Waals surface area contributed by atoms with Crippen molar-refractivity contribution in [1.29, 1.82) is 0 Å². The Morgan fingerprint density at radius 1 is 1.31 bits per heavy atom. The molecule has 16 heavy (non-hydrogen) atoms. The summed E-state index contributed by atoms with van der Waals surface area (Å²) in [5.74, 6) is 0. The lowest BCUT2D eigenvalue weighted by Crippen LogP contribution is -2.29. The maximum atomic E-state index is 11.9. The van der Waals surface area contributed by atoms with Crippen LogP contribution in [0.4, 0.5) is 5.69 Å². The summed E-state index contributed by atoms with van der Waals surface area (Å²) in [7, 11) is -0.273. The summed E-state index contributed by atoms with van der Waals surface area (Å²) in [5, 5.41) is 11.6. The molecule has 1 aromatic carbocycles. The van der Waals surface area contributed by atoms with Crippen LogP contribution in [-0.4, -0.2) is 45.1 Å². The molecular formula is C10H16N2O3S. The van der Waals surface area contributed by atoms with E-state index in [2.05, 4.69) is 5.32 Å². The molecule has 0 bridgehead atoms. The highest BCUT2D eigenvalue weighted by Gasteiger charge is 2.19. The van der Waals surface area contributed by atoms with E-state index in [1.54, 1.807) is 19.2 Å². The minimum Gasteiger partial charge on any atom is -0.395 e. The van der Waals surface area contributed by atoms with Gasteiger partial charge in [0.05, 0.1) is 11.5 Å². The molecular weight excluding hydrogens is 228 g/mol. The van der Waals surface area contributed by atoms with Crippen molar-refractivity contribution in [3.63, 3.8) is 0 Å². The number of aliphatic hydroxyl groups excluding tert-OH is 1. The molecule has 1 rings (SSSR count). The van der Waals surface area contributed by atoms with Gasteiger partial charge in [-0.2, -0.15) is 4.31 Å². The van der Waals surface area contributed by atoms with E-state index in [-0.39, 0.29) is 18.0 Å². The summed E-state index contributed by atoms with van der Waals surface area (Å²) in [5.41, 5.74) is 0.851. The van der Waals surface area contributed by atoms with Gasteiger partial charge in [-0.3, -0.25) is 0 Å². The lowest BCUT2D eigenvalue weighted by Gasteiger charge is -2.15. The Hall–Kier alpha value is -1.11. The normalized spacial score (nSPS) is 11.8. The third-order valence-corrected chi connectivity index (χ3v) is 4.14. The van der Waals surface area contributed by atoms with Crippen molar-refractivity contribution >= 4 is 15.7 Å². The highest BCUT2D eigenvalue weighted by Crippen LogP contribution is 2.16. The quantitative estimate of drug-likeness (QED) is 0.783. The van der Waals surface area contributed by atoms with Gasteiger partial charge in [0.25, 0.3) is 0 Å². The zero-order valence-corrected chi connectivity index (χ0v) is 10.2. The molecule has 90 valence electrons. The molecule has 0 aliphatic carbocycles. The molecule has 0 amide bonds. The SMILES string of the molecule is CNc1ccc(S(=O)(=O)N(C)CCO)cc1. The van der Waals surface area contributed by atoms with Gasteiger partial charge >= 0.3 is 0 Å². The Balaban J connectivity index is 2.98. The topological polar surface area (TPSA) is 69.6 Å². The fraction of sp³-hybridized carbons (Fsp3) is 0.400. The largest absolute Gasteiger partial charge is 0.395 e. The number of hydrogen-bond acceptors (Lipinski definition) is 4. The first-order chi connectivity index (χ1) is 7.52. The molecule has 0 atom stereocenters. The number of rotatable bonds is 5. The second kappa shape index (κ2) is 5.29. The third-order valence-electron chi connectivity index (χ3n) is 2.27. The summed E-state index contributed by atoms with van der Waals surface area (Å²) in [6.07, 6.45) is 0. The predicted octanol–water partition coefficient (Wildman–Crippen LogP) is 0.341. The predicted molar refractivity (Wildman–Crippen MR) is 62.9 cm³/mol. The molecule has 5 nitrogen and oxygen atoms in total. The van der Waals surface area contributed by atoms with Crippen molar-refractivity contribution < 1.29 is 13.5 Å². The molecule has 0 aliphatic rings. The number of aliphatic hydroxyl groups is 1. The summed E-state index contributed by atoms with van der Waals surface area (Å²) in [4.78, 5) is 0.224. The first-order valence-corrected chi connectivity index (χ1v) is 6.31. The number of nitrogens with zero attached hydrogens (tertiary/aromatic N) is 1. The number of benzene rings is 1. The van der Waals surface area contributed by atoms with Crippen LogP contribution in [0.1, 0.15) is 0 Å². The van der Waals surface area contributed by atoms with Gasteiger partial charge in [-0.1, -0.05) is 0 Å². The number of nitrogens with one attached hydrogen (secondary N) is 1. The van der Waals surface area contributed by atoms with Crippen LogP contribution in [0.3, 0.4) is 0 Å². The Kier molecular flexibility index (Phi) is 4.28. The number of hydrogen-bond donors (Lipinski definition) is 2. The van der Waals surface area contributed by atoms with Gasteiger partial charge < -0.3 is 10.4 Å². The lowest BCUT2D eigenvalue weighted by atomic mass is 10.3. The minimum atomic E-state index is -3.48. The Morgan fingerprint density at radius 3 is 2.31 bits per heavy atom. The standard InChI is InChI=1S/C10H16N2O3S/c1-11-9-3-5-10(6-4-9)16(14,15)12(2)7-8-13/h3-6,11,13H,7-8H2,1-2H3. The summed E-state index contributed by atoms with van der Waals surface area (Å²) in [6, 6.07) is 6.46. The van der Waals surface area contributed by atoms with Crippen LogP contribution in [0.5, 0.6) is 0 Å². The second-order valence-corrected chi connectivity index (χ2v) is 5.37. The Labute approximate surface area is 95.8 Å². The van der Waals surface area contributed by atoms with Crippen LogP contribution in [0, 0.1) is 0 Å². The fourth-order valence-corrected chi connectivity index (χ4v) is 2.40. The van der Waals surface area contributed by atoms with Crippen molar-refractivity contribution in [3.05, 3.63) is 24.3 Å². The molecule has 0 heterocycles. The lowest BCUT2D eigenvalue weighted by molar-refractivity contribution is 0.266. The molecule has 0 aromatic heterocycles. The Bertz CT molecular complexity index is 428. The highest BCUT2D eigenvalue weighted by atomic mass is 32.2. The number of likely N-dealkylation sites (N-methyl/N-ethyl adjacent to an activating group) is 1. The summed E-state index contributed by atoms with van der Waals surface area (Å²) in [6.45, 7) is -0.0968. The first-order valence-electron chi connectivity index (χ1n) is 4.87. The maximum Gasteiger partial charge on any atom is 0.242 e. The van der Waals surface area contributed by atoms with E-state index in [0.717, 1.165) is 9.99 Å². The van der Waals surface area contributed by atoms with Crippen LogP contribution in [0.15, 0.2) is 29.2 Å². The zero-order chi connectivity index (χ0) is 12.2. The van der Waals surface area contributed by atoms with Gasteiger partial charge in [-0.25, -0.2) is 8.42 Å². The van der Waals surface area contributed by atoms with Gasteiger partial charge in [-0.05, 0) is 24.3 Å². The van der Waals surface area contributed by atoms with Crippen LogP contribution >= 0.6 is 0 Å². The molecule has 0 saturated heterocycles. The van der Waals surface area contributed by atoms with Crippen LogP contribution < -0.4 is 5.32 Å². The van der Waals surface area contributed by atoms with Crippen molar-refractivity contribution in [2.45, 2.75) is 4.90 Å². The van der Waals surface area contributed by atoms with Gasteiger partial charge in [0.1, 0.15) is 0 Å². The molecule has 6 heteroatoms. The molecule has 0 fully saturated rings. The van der Waals surface area contributed by atoms with E-state index in [0.29, 0.717) is 0 Å². The average molecular weight is 244 g/mol. The molecule has 0 radical (unpaired) electrons. The molecule has 1 aromatic rings. The summed E-state index contributed by atoms with van der Waals surface area (Å²) < 4.78 is 25.0. The van der Waals surface area contributed by atoms with Crippen molar-refractivity contribution in [2.75, 3.05) is 32.6 Å². The van der Waals surface area contributed by atoms with E-state index in [1.165, 1.54) is 19.2 Å². The van der Waals surface area contributed by atoms with E-state index in [9.17, 15) is 8.42 Å². The molecule has 0 aliphatic heterocycles. The van der Waals surface area contributed by atoms with Crippen molar-refractivity contribution in [2.24, 2.45) is 0 Å². The summed E-state index contributed by atoms with van der Waals surface area (Å²) >= 11 is 0. The highest BCUT2D eigenvalue weighted by molar-refractivity contribution is 7.89. The fourth-order valence-electron chi connectivity index (χ4n) is 1.23. The van der Waals surface area contributed by atoms with E-state index in [4.69, 9.17) is 5.11 Å². The molecule has 2 N–H and O–H groups in total. The van der Waals surface area contributed by atoms with Crippen molar-refractivity contribution in [3.8, 4) is 0 Å². The van der Waals surface area contributed by atoms with E-state index < -0.39 is 10.0 Å². The minimum absolute atomic E-state index is 0.0934. The second-order valence-electron chi connectivity index (χ2n) is 3.32. The van der Waals surface area contributed by atoms with E-state index in [1.807, 2.05) is 0 Å². The first kappa shape index (κ1) is 13.0. The van der Waals surface area contributed by atoms with Gasteiger partial charge in [-0.15, -0.1) is 0 Å². The van der Waals surface area contributed by atoms with Crippen LogP contribution in [-0.2, 0) is 10.0 Å².